The zero-order chi connectivity index (χ0) is 27.2. The lowest BCUT2D eigenvalue weighted by molar-refractivity contribution is 0.609. The van der Waals surface area contributed by atoms with Crippen LogP contribution in [0.3, 0.4) is 0 Å². The molecule has 0 aromatic heterocycles. The van der Waals surface area contributed by atoms with Crippen molar-refractivity contribution < 1.29 is 0 Å². The molecule has 0 amide bonds. The Morgan fingerprint density at radius 2 is 0.872 bits per heavy atom. The van der Waals surface area contributed by atoms with Crippen molar-refractivity contribution in [2.24, 2.45) is 0 Å². The van der Waals surface area contributed by atoms with Gasteiger partial charge in [0.05, 0.1) is 6.16 Å². The molecule has 0 unspecified atom stereocenters. The zero-order valence-electron chi connectivity index (χ0n) is 24.1. The van der Waals surface area contributed by atoms with Crippen molar-refractivity contribution in [1.29, 1.82) is 0 Å². The molecule has 0 saturated carbocycles. The van der Waals surface area contributed by atoms with Gasteiger partial charge in [-0.3, -0.25) is 0 Å². The fraction of sp³-hybridized carbons (Fsp3) is 0.351. The van der Waals surface area contributed by atoms with Gasteiger partial charge in [0.1, 0.15) is 23.2 Å². The van der Waals surface area contributed by atoms with Crippen LogP contribution in [-0.2, 0) is 6.16 Å². The fourth-order valence-corrected chi connectivity index (χ4v) is 9.93. The third-order valence-corrected chi connectivity index (χ3v) is 12.3. The lowest BCUT2D eigenvalue weighted by atomic mass is 10.1. The van der Waals surface area contributed by atoms with Crippen molar-refractivity contribution in [1.82, 2.24) is 0 Å². The minimum absolute atomic E-state index is 1.03. The van der Waals surface area contributed by atoms with E-state index in [1.54, 1.807) is 0 Å². The molecule has 1 nitrogen and oxygen atoms in total. The molecule has 0 aliphatic rings. The number of nitrogens with zero attached hydrogens (tertiary/aromatic N) is 1. The Balaban J connectivity index is 1.66. The molecule has 0 radical (unpaired) electrons. The SMILES string of the molecule is CCCCCCN(CCCCCC)c1ccc(C[P+](c2ccccc2)(c2ccccc2)c2ccccc2)cc1. The van der Waals surface area contributed by atoms with Crippen LogP contribution in [0.4, 0.5) is 5.69 Å². The second-order valence-corrected chi connectivity index (χ2v) is 14.2. The van der Waals surface area contributed by atoms with Crippen LogP contribution in [0.2, 0.25) is 0 Å². The van der Waals surface area contributed by atoms with E-state index in [-0.39, 0.29) is 0 Å². The van der Waals surface area contributed by atoms with Crippen LogP contribution in [0.25, 0.3) is 0 Å². The molecular formula is C37H47NP+. The molecule has 2 heteroatoms. The lowest BCUT2D eigenvalue weighted by Crippen LogP contribution is -2.32. The van der Waals surface area contributed by atoms with Gasteiger partial charge < -0.3 is 4.90 Å². The highest BCUT2D eigenvalue weighted by Gasteiger charge is 2.45. The second-order valence-electron chi connectivity index (χ2n) is 10.7. The maximum atomic E-state index is 2.64. The zero-order valence-corrected chi connectivity index (χ0v) is 25.0. The quantitative estimate of drug-likeness (QED) is 0.102. The van der Waals surface area contributed by atoms with E-state index in [2.05, 4.69) is 134 Å². The summed E-state index contributed by atoms with van der Waals surface area (Å²) in [4.78, 5) is 2.64. The van der Waals surface area contributed by atoms with Crippen molar-refractivity contribution in [3.8, 4) is 0 Å². The van der Waals surface area contributed by atoms with E-state index >= 15 is 0 Å². The van der Waals surface area contributed by atoms with Gasteiger partial charge in [-0.2, -0.15) is 0 Å². The molecule has 4 rings (SSSR count). The molecule has 0 bridgehead atoms. The Kier molecular flexibility index (Phi) is 11.7. The van der Waals surface area contributed by atoms with E-state index in [0.29, 0.717) is 0 Å². The number of anilines is 1. The largest absolute Gasteiger partial charge is 0.372 e. The van der Waals surface area contributed by atoms with Gasteiger partial charge in [0.15, 0.2) is 0 Å². The predicted octanol–water partition coefficient (Wildman–Crippen LogP) is 9.15. The number of benzene rings is 4. The van der Waals surface area contributed by atoms with Crippen molar-refractivity contribution in [2.75, 3.05) is 18.0 Å². The Morgan fingerprint density at radius 1 is 0.462 bits per heavy atom. The smallest absolute Gasteiger partial charge is 0.116 e. The molecule has 4 aromatic carbocycles. The molecule has 204 valence electrons. The highest BCUT2D eigenvalue weighted by Crippen LogP contribution is 2.58. The molecule has 39 heavy (non-hydrogen) atoms. The van der Waals surface area contributed by atoms with Crippen LogP contribution >= 0.6 is 7.26 Å². The second kappa shape index (κ2) is 15.6. The van der Waals surface area contributed by atoms with E-state index in [4.69, 9.17) is 0 Å². The van der Waals surface area contributed by atoms with Crippen LogP contribution < -0.4 is 20.8 Å². The van der Waals surface area contributed by atoms with Crippen molar-refractivity contribution >= 4 is 28.9 Å². The Hall–Kier alpha value is -2.89. The minimum atomic E-state index is -1.88. The summed E-state index contributed by atoms with van der Waals surface area (Å²) in [6, 6.07) is 43.3. The summed E-state index contributed by atoms with van der Waals surface area (Å²) >= 11 is 0. The van der Waals surface area contributed by atoms with Gasteiger partial charge in [-0.1, -0.05) is 119 Å². The first-order valence-electron chi connectivity index (χ1n) is 15.2. The normalized spacial score (nSPS) is 11.4. The van der Waals surface area contributed by atoms with Crippen molar-refractivity contribution in [3.63, 3.8) is 0 Å². The fourth-order valence-electron chi connectivity index (χ4n) is 5.68. The van der Waals surface area contributed by atoms with E-state index < -0.39 is 7.26 Å². The molecule has 0 N–H and O–H groups in total. The van der Waals surface area contributed by atoms with Gasteiger partial charge in [0, 0.05) is 18.8 Å². The predicted molar refractivity (Wildman–Crippen MR) is 176 cm³/mol. The Morgan fingerprint density at radius 3 is 1.26 bits per heavy atom. The minimum Gasteiger partial charge on any atom is -0.372 e. The molecule has 0 aliphatic heterocycles. The number of rotatable bonds is 16. The molecule has 0 spiro atoms. The van der Waals surface area contributed by atoms with Gasteiger partial charge in [-0.25, -0.2) is 0 Å². The average molecular weight is 537 g/mol. The Bertz CT molecular complexity index is 1080. The number of hydrogen-bond donors (Lipinski definition) is 0. The Labute approximate surface area is 238 Å². The summed E-state index contributed by atoms with van der Waals surface area (Å²) in [6.45, 7) is 6.93. The molecule has 0 fully saturated rings. The standard InChI is InChI=1S/C37H47NP/c1-3-5-7-18-30-38(31-19-8-6-4-2)34-28-26-33(27-29-34)32-39(35-20-12-9-13-21-35,36-22-14-10-15-23-36)37-24-16-11-17-25-37/h9-17,20-29H,3-8,18-19,30-32H2,1-2H3/q+1. The van der Waals surface area contributed by atoms with Gasteiger partial charge >= 0.3 is 0 Å². The molecule has 0 saturated heterocycles. The lowest BCUT2D eigenvalue weighted by Gasteiger charge is -2.28. The van der Waals surface area contributed by atoms with Crippen LogP contribution in [0.15, 0.2) is 115 Å². The highest BCUT2D eigenvalue weighted by molar-refractivity contribution is 7.95. The van der Waals surface area contributed by atoms with Crippen LogP contribution in [0, 0.1) is 0 Å². The van der Waals surface area contributed by atoms with E-state index in [9.17, 15) is 0 Å². The molecule has 0 aliphatic carbocycles. The third kappa shape index (κ3) is 7.83. The molecule has 4 aromatic rings. The van der Waals surface area contributed by atoms with E-state index in [0.717, 1.165) is 6.16 Å². The topological polar surface area (TPSA) is 3.24 Å². The van der Waals surface area contributed by atoms with Gasteiger partial charge in [0.25, 0.3) is 0 Å². The van der Waals surface area contributed by atoms with Crippen LogP contribution in [0.1, 0.15) is 70.8 Å². The summed E-state index contributed by atoms with van der Waals surface area (Å²) in [7, 11) is -1.88. The third-order valence-electron chi connectivity index (χ3n) is 7.88. The maximum absolute atomic E-state index is 2.64. The first kappa shape index (κ1) is 29.1. The molecule has 0 atom stereocenters. The maximum Gasteiger partial charge on any atom is 0.116 e. The summed E-state index contributed by atoms with van der Waals surface area (Å²) in [6.07, 6.45) is 11.5. The molecular weight excluding hydrogens is 489 g/mol. The van der Waals surface area contributed by atoms with Gasteiger partial charge in [-0.15, -0.1) is 0 Å². The first-order valence-corrected chi connectivity index (χ1v) is 17.1. The summed E-state index contributed by atoms with van der Waals surface area (Å²) in [5.74, 6) is 0. The number of unbranched alkanes of at least 4 members (excludes halogenated alkanes) is 6. The van der Waals surface area contributed by atoms with Crippen LogP contribution in [0.5, 0.6) is 0 Å². The van der Waals surface area contributed by atoms with Gasteiger partial charge in [0.2, 0.25) is 0 Å². The average Bonchev–Trinajstić information content (AvgIpc) is 3.01. The van der Waals surface area contributed by atoms with E-state index in [1.165, 1.54) is 91.6 Å². The monoisotopic (exact) mass is 536 g/mol. The van der Waals surface area contributed by atoms with E-state index in [1.807, 2.05) is 0 Å². The summed E-state index contributed by atoms with van der Waals surface area (Å²) in [5.41, 5.74) is 2.80. The number of hydrogen-bond acceptors (Lipinski definition) is 1. The summed E-state index contributed by atoms with van der Waals surface area (Å²) < 4.78 is 0. The van der Waals surface area contributed by atoms with Crippen molar-refractivity contribution in [2.45, 2.75) is 71.4 Å². The van der Waals surface area contributed by atoms with Gasteiger partial charge in [-0.05, 0) is 66.9 Å². The molecule has 0 heterocycles. The summed E-state index contributed by atoms with van der Waals surface area (Å²) in [5, 5.41) is 4.33. The highest BCUT2D eigenvalue weighted by atomic mass is 31.2. The first-order chi connectivity index (χ1) is 19.3. The van der Waals surface area contributed by atoms with Crippen molar-refractivity contribution in [3.05, 3.63) is 121 Å². The van der Waals surface area contributed by atoms with Crippen LogP contribution in [-0.4, -0.2) is 13.1 Å².